The molecule has 0 saturated heterocycles. The fourth-order valence-electron chi connectivity index (χ4n) is 2.87. The Morgan fingerprint density at radius 2 is 2.19 bits per heavy atom. The van der Waals surface area contributed by atoms with E-state index >= 15 is 0 Å². The van der Waals surface area contributed by atoms with E-state index in [0.29, 0.717) is 17.9 Å². The first-order chi connectivity index (χ1) is 12.8. The largest absolute Gasteiger partial charge is 0.493 e. The Bertz CT molecular complexity index is 822. The second-order valence-electron chi connectivity index (χ2n) is 6.18. The lowest BCUT2D eigenvalue weighted by Gasteiger charge is -2.28. The van der Waals surface area contributed by atoms with E-state index in [1.807, 2.05) is 12.1 Å². The van der Waals surface area contributed by atoms with Gasteiger partial charge in [0.15, 0.2) is 17.3 Å². The molecule has 1 aliphatic rings. The van der Waals surface area contributed by atoms with E-state index < -0.39 is 12.1 Å². The molecule has 0 N–H and O–H groups in total. The Morgan fingerprint density at radius 3 is 2.85 bits per heavy atom. The number of hydrogen-bond donors (Lipinski definition) is 0. The number of benzene rings is 1. The maximum atomic E-state index is 12.6. The monoisotopic (exact) mass is 385 g/mol. The SMILES string of the molecule is COc1cccc2c1OC[C@@H](C(=O)N(C)CCc1noc(C(F)(F)F)n1)C2. The molecular formula is C17H18F3N3O4. The summed E-state index contributed by atoms with van der Waals surface area (Å²) in [6.07, 6.45) is -4.13. The average molecular weight is 385 g/mol. The predicted octanol–water partition coefficient (Wildman–Crippen LogP) is 2.35. The van der Waals surface area contributed by atoms with E-state index in [4.69, 9.17) is 9.47 Å². The minimum absolute atomic E-state index is 0.0554. The van der Waals surface area contributed by atoms with Crippen molar-refractivity contribution in [1.82, 2.24) is 15.0 Å². The second kappa shape index (κ2) is 7.45. The van der Waals surface area contributed by atoms with Crippen molar-refractivity contribution < 1.29 is 32.0 Å². The third kappa shape index (κ3) is 4.15. The van der Waals surface area contributed by atoms with Gasteiger partial charge in [-0.2, -0.15) is 18.2 Å². The number of carbonyl (C=O) groups excluding carboxylic acids is 1. The number of ether oxygens (including phenoxy) is 2. The number of hydrogen-bond acceptors (Lipinski definition) is 6. The van der Waals surface area contributed by atoms with E-state index in [-0.39, 0.29) is 37.2 Å². The number of alkyl halides is 3. The minimum atomic E-state index is -4.68. The topological polar surface area (TPSA) is 77.7 Å². The van der Waals surface area contributed by atoms with Crippen molar-refractivity contribution in [2.75, 3.05) is 27.3 Å². The smallest absolute Gasteiger partial charge is 0.471 e. The lowest BCUT2D eigenvalue weighted by atomic mass is 9.95. The van der Waals surface area contributed by atoms with E-state index in [1.54, 1.807) is 20.2 Å². The number of nitrogens with zero attached hydrogens (tertiary/aromatic N) is 3. The van der Waals surface area contributed by atoms with Crippen LogP contribution >= 0.6 is 0 Å². The highest BCUT2D eigenvalue weighted by Crippen LogP contribution is 2.36. The maximum Gasteiger partial charge on any atom is 0.471 e. The van der Waals surface area contributed by atoms with E-state index in [9.17, 15) is 18.0 Å². The molecule has 27 heavy (non-hydrogen) atoms. The molecular weight excluding hydrogens is 367 g/mol. The van der Waals surface area contributed by atoms with Gasteiger partial charge in [-0.05, 0) is 18.1 Å². The lowest BCUT2D eigenvalue weighted by molar-refractivity contribution is -0.159. The Balaban J connectivity index is 1.58. The average Bonchev–Trinajstić information content (AvgIpc) is 3.14. The molecule has 1 amide bonds. The number of para-hydroxylation sites is 1. The molecule has 1 aromatic heterocycles. The van der Waals surface area contributed by atoms with Crippen molar-refractivity contribution in [2.45, 2.75) is 19.0 Å². The summed E-state index contributed by atoms with van der Waals surface area (Å²) in [5.41, 5.74) is 0.875. The quantitative estimate of drug-likeness (QED) is 0.786. The van der Waals surface area contributed by atoms with Gasteiger partial charge in [0, 0.05) is 20.0 Å². The van der Waals surface area contributed by atoms with Crippen LogP contribution in [0.15, 0.2) is 22.7 Å². The first-order valence-electron chi connectivity index (χ1n) is 8.23. The molecule has 146 valence electrons. The molecule has 0 saturated carbocycles. The molecule has 10 heteroatoms. The van der Waals surface area contributed by atoms with Gasteiger partial charge in [-0.1, -0.05) is 17.3 Å². The summed E-state index contributed by atoms with van der Waals surface area (Å²) in [7, 11) is 3.13. The number of halogens is 3. The van der Waals surface area contributed by atoms with Crippen molar-refractivity contribution in [2.24, 2.45) is 5.92 Å². The predicted molar refractivity (Wildman–Crippen MR) is 86.3 cm³/mol. The molecule has 2 heterocycles. The lowest BCUT2D eigenvalue weighted by Crippen LogP contribution is -2.39. The third-order valence-corrected chi connectivity index (χ3v) is 4.28. The van der Waals surface area contributed by atoms with Crippen LogP contribution in [0.2, 0.25) is 0 Å². The molecule has 1 aliphatic heterocycles. The number of amides is 1. The van der Waals surface area contributed by atoms with Gasteiger partial charge in [0.25, 0.3) is 0 Å². The van der Waals surface area contributed by atoms with Crippen molar-refractivity contribution in [3.8, 4) is 11.5 Å². The molecule has 0 fully saturated rings. The van der Waals surface area contributed by atoms with Gasteiger partial charge in [0.05, 0.1) is 13.0 Å². The number of likely N-dealkylation sites (N-methyl/N-ethyl adjacent to an activating group) is 1. The molecule has 1 atom stereocenters. The molecule has 7 nitrogen and oxygen atoms in total. The number of fused-ring (bicyclic) bond motifs is 1. The normalized spacial score (nSPS) is 16.4. The molecule has 0 aliphatic carbocycles. The summed E-state index contributed by atoms with van der Waals surface area (Å²) >= 11 is 0. The summed E-state index contributed by atoms with van der Waals surface area (Å²) in [5.74, 6) is -0.786. The van der Waals surface area contributed by atoms with Crippen LogP contribution in [0.25, 0.3) is 0 Å². The maximum absolute atomic E-state index is 12.6. The summed E-state index contributed by atoms with van der Waals surface area (Å²) < 4.78 is 52.5. The van der Waals surface area contributed by atoms with Gasteiger partial charge >= 0.3 is 12.1 Å². The van der Waals surface area contributed by atoms with Crippen LogP contribution in [0, 0.1) is 5.92 Å². The standard InChI is InChI=1S/C17H18F3N3O4/c1-23(7-6-13-21-16(27-22-13)17(18,19)20)15(24)11-8-10-4-3-5-12(25-2)14(10)26-9-11/h3-5,11H,6-9H2,1-2H3/t11-/m0/s1. The van der Waals surface area contributed by atoms with Crippen LogP contribution < -0.4 is 9.47 Å². The Morgan fingerprint density at radius 1 is 1.41 bits per heavy atom. The second-order valence-corrected chi connectivity index (χ2v) is 6.18. The summed E-state index contributed by atoms with van der Waals surface area (Å²) in [6.45, 7) is 0.369. The molecule has 0 radical (unpaired) electrons. The van der Waals surface area contributed by atoms with Gasteiger partial charge in [0.2, 0.25) is 5.91 Å². The van der Waals surface area contributed by atoms with Crippen LogP contribution in [-0.2, 0) is 23.8 Å². The van der Waals surface area contributed by atoms with Crippen molar-refractivity contribution in [1.29, 1.82) is 0 Å². The van der Waals surface area contributed by atoms with Crippen molar-refractivity contribution in [3.05, 3.63) is 35.5 Å². The zero-order valence-electron chi connectivity index (χ0n) is 14.7. The molecule has 0 spiro atoms. The Kier molecular flexibility index (Phi) is 5.24. The zero-order chi connectivity index (χ0) is 19.6. The number of carbonyl (C=O) groups is 1. The van der Waals surface area contributed by atoms with E-state index in [0.717, 1.165) is 5.56 Å². The summed E-state index contributed by atoms with van der Waals surface area (Å²) in [4.78, 5) is 17.3. The highest BCUT2D eigenvalue weighted by Gasteiger charge is 2.38. The van der Waals surface area contributed by atoms with Crippen LogP contribution in [0.5, 0.6) is 11.5 Å². The van der Waals surface area contributed by atoms with Crippen molar-refractivity contribution >= 4 is 5.91 Å². The van der Waals surface area contributed by atoms with E-state index in [1.165, 1.54) is 4.90 Å². The van der Waals surface area contributed by atoms with Crippen molar-refractivity contribution in [3.63, 3.8) is 0 Å². The third-order valence-electron chi connectivity index (χ3n) is 4.28. The van der Waals surface area contributed by atoms with Crippen LogP contribution in [0.4, 0.5) is 13.2 Å². The minimum Gasteiger partial charge on any atom is -0.493 e. The van der Waals surface area contributed by atoms with Gasteiger partial charge < -0.3 is 18.9 Å². The van der Waals surface area contributed by atoms with Crippen LogP contribution in [0.1, 0.15) is 17.3 Å². The van der Waals surface area contributed by atoms with Gasteiger partial charge in [-0.15, -0.1) is 0 Å². The van der Waals surface area contributed by atoms with Gasteiger partial charge in [-0.25, -0.2) is 0 Å². The highest BCUT2D eigenvalue weighted by atomic mass is 19.4. The Labute approximate surface area is 153 Å². The highest BCUT2D eigenvalue weighted by molar-refractivity contribution is 5.79. The first kappa shape index (κ1) is 19.0. The molecule has 0 unspecified atom stereocenters. The van der Waals surface area contributed by atoms with Crippen LogP contribution in [-0.4, -0.2) is 48.3 Å². The summed E-state index contributed by atoms with van der Waals surface area (Å²) in [6, 6.07) is 5.48. The molecule has 2 aromatic rings. The molecule has 3 rings (SSSR count). The fourth-order valence-corrected chi connectivity index (χ4v) is 2.87. The zero-order valence-corrected chi connectivity index (χ0v) is 14.7. The van der Waals surface area contributed by atoms with Gasteiger partial charge in [0.1, 0.15) is 6.61 Å². The van der Waals surface area contributed by atoms with E-state index in [2.05, 4.69) is 14.7 Å². The summed E-state index contributed by atoms with van der Waals surface area (Å²) in [5, 5.41) is 3.29. The van der Waals surface area contributed by atoms with Gasteiger partial charge in [-0.3, -0.25) is 4.79 Å². The molecule has 0 bridgehead atoms. The Hall–Kier alpha value is -2.78. The molecule has 1 aromatic carbocycles. The first-order valence-corrected chi connectivity index (χ1v) is 8.23. The van der Waals surface area contributed by atoms with Crippen LogP contribution in [0.3, 0.4) is 0 Å². The fraction of sp³-hybridized carbons (Fsp3) is 0.471. The number of aromatic nitrogens is 2. The number of rotatable bonds is 5. The number of methoxy groups -OCH3 is 1.